The molecule has 0 heterocycles. The zero-order chi connectivity index (χ0) is 18.9. The second-order valence-electron chi connectivity index (χ2n) is 8.38. The van der Waals surface area contributed by atoms with Gasteiger partial charge in [-0.1, -0.05) is 6.07 Å². The molecule has 142 valence electrons. The molecule has 5 nitrogen and oxygen atoms in total. The molecular weight excluding hydrogens is 340 g/mol. The molecule has 5 rings (SSSR count). The Bertz CT molecular complexity index is 758. The van der Waals surface area contributed by atoms with E-state index in [0.717, 1.165) is 42.6 Å². The lowest BCUT2D eigenvalue weighted by atomic mass is 9.53. The van der Waals surface area contributed by atoms with Crippen molar-refractivity contribution in [3.8, 4) is 17.6 Å². The number of rotatable bonds is 6. The standard InChI is InChI=1S/C22H26N2O3/c1-26-20-11-15(2-4-19(20)27-7-6-23)3-5-21(25)24-22-12-16-8-17(13-22)10-18(9-16)14-22/h2-5,11,16-18H,7-10,12-14H2,1H3,(H,24,25)/b5-3+. The first-order valence-corrected chi connectivity index (χ1v) is 9.77. The number of methoxy groups -OCH3 is 1. The summed E-state index contributed by atoms with van der Waals surface area (Å²) in [4.78, 5) is 12.6. The number of hydrogen-bond donors (Lipinski definition) is 1. The van der Waals surface area contributed by atoms with E-state index >= 15 is 0 Å². The summed E-state index contributed by atoms with van der Waals surface area (Å²) in [6, 6.07) is 7.35. The maximum absolute atomic E-state index is 12.6. The fraction of sp³-hybridized carbons (Fsp3) is 0.545. The third kappa shape index (κ3) is 3.80. The highest BCUT2D eigenvalue weighted by atomic mass is 16.5. The average Bonchev–Trinajstić information content (AvgIpc) is 2.63. The van der Waals surface area contributed by atoms with Crippen molar-refractivity contribution >= 4 is 12.0 Å². The summed E-state index contributed by atoms with van der Waals surface area (Å²) in [6.45, 7) is -0.0288. The number of nitriles is 1. The molecule has 1 aromatic rings. The summed E-state index contributed by atoms with van der Waals surface area (Å²) in [6.07, 6.45) is 11.0. The third-order valence-corrected chi connectivity index (χ3v) is 6.33. The van der Waals surface area contributed by atoms with Gasteiger partial charge in [0.2, 0.25) is 5.91 Å². The number of carbonyl (C=O) groups excluding carboxylic acids is 1. The van der Waals surface area contributed by atoms with Crippen molar-refractivity contribution in [2.45, 2.75) is 44.1 Å². The van der Waals surface area contributed by atoms with E-state index in [1.807, 2.05) is 12.1 Å². The predicted molar refractivity (Wildman–Crippen MR) is 102 cm³/mol. The topological polar surface area (TPSA) is 71.3 Å². The van der Waals surface area contributed by atoms with Gasteiger partial charge in [-0.05, 0) is 80.1 Å². The molecule has 0 unspecified atom stereocenters. The summed E-state index contributed by atoms with van der Waals surface area (Å²) >= 11 is 0. The first-order valence-electron chi connectivity index (χ1n) is 9.77. The molecule has 1 N–H and O–H groups in total. The molecule has 1 aromatic carbocycles. The van der Waals surface area contributed by atoms with Gasteiger partial charge in [0.25, 0.3) is 0 Å². The highest BCUT2D eigenvalue weighted by Crippen LogP contribution is 2.55. The first kappa shape index (κ1) is 17.9. The van der Waals surface area contributed by atoms with Crippen molar-refractivity contribution < 1.29 is 14.3 Å². The van der Waals surface area contributed by atoms with Gasteiger partial charge in [-0.2, -0.15) is 5.26 Å². The largest absolute Gasteiger partial charge is 0.493 e. The van der Waals surface area contributed by atoms with Crippen LogP contribution in [0, 0.1) is 29.1 Å². The maximum atomic E-state index is 12.6. The van der Waals surface area contributed by atoms with Crippen LogP contribution in [0.25, 0.3) is 6.08 Å². The number of carbonyl (C=O) groups is 1. The van der Waals surface area contributed by atoms with Crippen LogP contribution in [0.2, 0.25) is 0 Å². The molecule has 4 fully saturated rings. The van der Waals surface area contributed by atoms with Gasteiger partial charge in [-0.25, -0.2) is 0 Å². The fourth-order valence-electron chi connectivity index (χ4n) is 5.76. The van der Waals surface area contributed by atoms with Gasteiger partial charge in [0.15, 0.2) is 18.1 Å². The van der Waals surface area contributed by atoms with E-state index in [4.69, 9.17) is 14.7 Å². The van der Waals surface area contributed by atoms with E-state index in [0.29, 0.717) is 11.5 Å². The van der Waals surface area contributed by atoms with Crippen molar-refractivity contribution in [2.24, 2.45) is 17.8 Å². The number of nitrogens with one attached hydrogen (secondary N) is 1. The second kappa shape index (κ2) is 7.26. The van der Waals surface area contributed by atoms with Crippen LogP contribution in [0.3, 0.4) is 0 Å². The third-order valence-electron chi connectivity index (χ3n) is 6.33. The SMILES string of the molecule is COc1cc(/C=C/C(=O)NC23CC4CC(CC(C4)C2)C3)ccc1OCC#N. The van der Waals surface area contributed by atoms with Crippen molar-refractivity contribution in [3.63, 3.8) is 0 Å². The normalized spacial score (nSPS) is 30.9. The highest BCUT2D eigenvalue weighted by Gasteiger charge is 2.51. The summed E-state index contributed by atoms with van der Waals surface area (Å²) in [5.74, 6) is 3.49. The number of benzene rings is 1. The minimum absolute atomic E-state index is 0.0132. The lowest BCUT2D eigenvalue weighted by Crippen LogP contribution is -2.59. The number of amides is 1. The molecule has 4 bridgehead atoms. The minimum atomic E-state index is -0.0288. The number of ether oxygens (including phenoxy) is 2. The number of hydrogen-bond acceptors (Lipinski definition) is 4. The molecule has 0 atom stereocenters. The Morgan fingerprint density at radius 2 is 1.89 bits per heavy atom. The molecule has 0 radical (unpaired) electrons. The molecule has 27 heavy (non-hydrogen) atoms. The molecular formula is C22H26N2O3. The summed E-state index contributed by atoms with van der Waals surface area (Å²) < 4.78 is 10.6. The van der Waals surface area contributed by atoms with E-state index < -0.39 is 0 Å². The molecule has 4 saturated carbocycles. The smallest absolute Gasteiger partial charge is 0.244 e. The van der Waals surface area contributed by atoms with Crippen molar-refractivity contribution in [3.05, 3.63) is 29.8 Å². The maximum Gasteiger partial charge on any atom is 0.244 e. The minimum Gasteiger partial charge on any atom is -0.493 e. The van der Waals surface area contributed by atoms with Crippen LogP contribution < -0.4 is 14.8 Å². The Morgan fingerprint density at radius 1 is 1.22 bits per heavy atom. The molecule has 0 aliphatic heterocycles. The van der Waals surface area contributed by atoms with Crippen molar-refractivity contribution in [2.75, 3.05) is 13.7 Å². The van der Waals surface area contributed by atoms with Gasteiger partial charge in [0.05, 0.1) is 7.11 Å². The van der Waals surface area contributed by atoms with E-state index in [1.54, 1.807) is 31.4 Å². The van der Waals surface area contributed by atoms with Crippen LogP contribution in [0.4, 0.5) is 0 Å². The average molecular weight is 366 g/mol. The van der Waals surface area contributed by atoms with E-state index in [-0.39, 0.29) is 18.1 Å². The van der Waals surface area contributed by atoms with Crippen LogP contribution in [0.15, 0.2) is 24.3 Å². The fourth-order valence-corrected chi connectivity index (χ4v) is 5.76. The van der Waals surface area contributed by atoms with Gasteiger partial charge >= 0.3 is 0 Å². The Morgan fingerprint density at radius 3 is 2.48 bits per heavy atom. The first-order chi connectivity index (χ1) is 13.1. The van der Waals surface area contributed by atoms with Crippen molar-refractivity contribution in [1.29, 1.82) is 5.26 Å². The van der Waals surface area contributed by atoms with Crippen molar-refractivity contribution in [1.82, 2.24) is 5.32 Å². The zero-order valence-corrected chi connectivity index (χ0v) is 15.7. The predicted octanol–water partition coefficient (Wildman–Crippen LogP) is 3.70. The quantitative estimate of drug-likeness (QED) is 0.780. The Hall–Kier alpha value is -2.48. The van der Waals surface area contributed by atoms with Gasteiger partial charge < -0.3 is 14.8 Å². The lowest BCUT2D eigenvalue weighted by molar-refractivity contribution is -0.122. The Labute approximate surface area is 160 Å². The van der Waals surface area contributed by atoms with Gasteiger partial charge in [-0.15, -0.1) is 0 Å². The van der Waals surface area contributed by atoms with Crippen LogP contribution in [-0.2, 0) is 4.79 Å². The number of nitrogens with zero attached hydrogens (tertiary/aromatic N) is 1. The molecule has 5 heteroatoms. The Balaban J connectivity index is 1.41. The van der Waals surface area contributed by atoms with E-state index in [2.05, 4.69) is 5.32 Å². The van der Waals surface area contributed by atoms with E-state index in [9.17, 15) is 4.79 Å². The van der Waals surface area contributed by atoms with Crippen LogP contribution in [0.5, 0.6) is 11.5 Å². The molecule has 4 aliphatic rings. The van der Waals surface area contributed by atoms with Gasteiger partial charge in [0, 0.05) is 11.6 Å². The van der Waals surface area contributed by atoms with Crippen LogP contribution >= 0.6 is 0 Å². The lowest BCUT2D eigenvalue weighted by Gasteiger charge is -2.56. The summed E-state index contributed by atoms with van der Waals surface area (Å²) in [5, 5.41) is 12.0. The second-order valence-corrected chi connectivity index (χ2v) is 8.38. The van der Waals surface area contributed by atoms with Gasteiger partial charge in [0.1, 0.15) is 6.07 Å². The monoisotopic (exact) mass is 366 g/mol. The van der Waals surface area contributed by atoms with Crippen LogP contribution in [0.1, 0.15) is 44.1 Å². The summed E-state index contributed by atoms with van der Waals surface area (Å²) in [5.41, 5.74) is 0.889. The van der Waals surface area contributed by atoms with E-state index in [1.165, 1.54) is 19.3 Å². The molecule has 0 spiro atoms. The molecule has 4 aliphatic carbocycles. The van der Waals surface area contributed by atoms with Gasteiger partial charge in [-0.3, -0.25) is 4.79 Å². The highest BCUT2D eigenvalue weighted by molar-refractivity contribution is 5.92. The molecule has 1 amide bonds. The zero-order valence-electron chi connectivity index (χ0n) is 15.7. The Kier molecular flexibility index (Phi) is 4.82. The summed E-state index contributed by atoms with van der Waals surface area (Å²) in [7, 11) is 1.56. The van der Waals surface area contributed by atoms with Crippen LogP contribution in [-0.4, -0.2) is 25.2 Å². The molecule has 0 aromatic heterocycles. The molecule has 0 saturated heterocycles.